The molecule has 1 saturated heterocycles. The lowest BCUT2D eigenvalue weighted by molar-refractivity contribution is -0.141. The fraction of sp³-hybridized carbons (Fsp3) is 0.857. The average molecular weight is 128 g/mol. The van der Waals surface area contributed by atoms with Crippen LogP contribution in [0.1, 0.15) is 26.2 Å². The van der Waals surface area contributed by atoms with E-state index in [1.165, 1.54) is 0 Å². The van der Waals surface area contributed by atoms with Crippen molar-refractivity contribution in [2.45, 2.75) is 26.2 Å². The molecule has 1 aliphatic rings. The molecular formula is C7H12O2. The standard InChI is InChI=1S/C7H12O2/c1-2-3-6-4-5-9-7(6)8/h6H,2-5H2,1H3/t6-/m1/s1. The molecule has 0 unspecified atom stereocenters. The molecule has 0 aromatic heterocycles. The van der Waals surface area contributed by atoms with Gasteiger partial charge in [-0.15, -0.1) is 0 Å². The number of hydrogen-bond acceptors (Lipinski definition) is 2. The van der Waals surface area contributed by atoms with Crippen molar-refractivity contribution in [2.75, 3.05) is 6.61 Å². The number of hydrogen-bond donors (Lipinski definition) is 0. The minimum Gasteiger partial charge on any atom is -0.465 e. The largest absolute Gasteiger partial charge is 0.465 e. The first-order valence-corrected chi connectivity index (χ1v) is 3.51. The van der Waals surface area contributed by atoms with Gasteiger partial charge in [-0.05, 0) is 12.8 Å². The van der Waals surface area contributed by atoms with Crippen LogP contribution in [-0.2, 0) is 9.53 Å². The first-order valence-electron chi connectivity index (χ1n) is 3.51. The molecule has 0 saturated carbocycles. The van der Waals surface area contributed by atoms with E-state index < -0.39 is 0 Å². The highest BCUT2D eigenvalue weighted by atomic mass is 16.5. The summed E-state index contributed by atoms with van der Waals surface area (Å²) in [5.41, 5.74) is 0. The molecule has 9 heavy (non-hydrogen) atoms. The number of esters is 1. The summed E-state index contributed by atoms with van der Waals surface area (Å²) in [4.78, 5) is 10.7. The third-order valence-corrected chi connectivity index (χ3v) is 1.68. The maximum atomic E-state index is 10.7. The van der Waals surface area contributed by atoms with Crippen LogP contribution in [0.4, 0.5) is 0 Å². The second-order valence-electron chi connectivity index (χ2n) is 2.44. The van der Waals surface area contributed by atoms with Crippen molar-refractivity contribution >= 4 is 5.97 Å². The van der Waals surface area contributed by atoms with E-state index in [1.54, 1.807) is 0 Å². The van der Waals surface area contributed by atoms with Crippen LogP contribution >= 0.6 is 0 Å². The predicted molar refractivity (Wildman–Crippen MR) is 34.0 cm³/mol. The van der Waals surface area contributed by atoms with Crippen molar-refractivity contribution in [3.05, 3.63) is 0 Å². The lowest BCUT2D eigenvalue weighted by Crippen LogP contribution is -2.06. The minimum atomic E-state index is 0.0110. The van der Waals surface area contributed by atoms with Crippen LogP contribution in [0.5, 0.6) is 0 Å². The van der Waals surface area contributed by atoms with E-state index in [9.17, 15) is 4.79 Å². The van der Waals surface area contributed by atoms with Gasteiger partial charge in [0.25, 0.3) is 0 Å². The topological polar surface area (TPSA) is 26.3 Å². The molecular weight excluding hydrogens is 116 g/mol. The first-order chi connectivity index (χ1) is 4.34. The molecule has 1 atom stereocenters. The van der Waals surface area contributed by atoms with Gasteiger partial charge in [0.15, 0.2) is 0 Å². The van der Waals surface area contributed by atoms with Crippen molar-refractivity contribution in [2.24, 2.45) is 5.92 Å². The summed E-state index contributed by atoms with van der Waals surface area (Å²) in [5, 5.41) is 0. The maximum absolute atomic E-state index is 10.7. The van der Waals surface area contributed by atoms with Gasteiger partial charge in [0.05, 0.1) is 12.5 Å². The second-order valence-corrected chi connectivity index (χ2v) is 2.44. The zero-order valence-electron chi connectivity index (χ0n) is 5.72. The van der Waals surface area contributed by atoms with Crippen molar-refractivity contribution in [1.82, 2.24) is 0 Å². The summed E-state index contributed by atoms with van der Waals surface area (Å²) in [7, 11) is 0. The lowest BCUT2D eigenvalue weighted by Gasteiger charge is -1.99. The molecule has 1 heterocycles. The molecule has 0 amide bonds. The third-order valence-electron chi connectivity index (χ3n) is 1.68. The Labute approximate surface area is 55.2 Å². The van der Waals surface area contributed by atoms with Gasteiger partial charge in [-0.1, -0.05) is 13.3 Å². The maximum Gasteiger partial charge on any atom is 0.309 e. The Hall–Kier alpha value is -0.530. The second kappa shape index (κ2) is 2.85. The van der Waals surface area contributed by atoms with E-state index in [0.29, 0.717) is 6.61 Å². The zero-order chi connectivity index (χ0) is 6.69. The van der Waals surface area contributed by atoms with E-state index in [2.05, 4.69) is 6.92 Å². The van der Waals surface area contributed by atoms with Gasteiger partial charge in [0.1, 0.15) is 0 Å². The summed E-state index contributed by atoms with van der Waals surface area (Å²) in [5.74, 6) is 0.229. The summed E-state index contributed by atoms with van der Waals surface area (Å²) in [6.07, 6.45) is 3.02. The van der Waals surface area contributed by atoms with Crippen LogP contribution in [0.25, 0.3) is 0 Å². The number of ether oxygens (including phenoxy) is 1. The Morgan fingerprint density at radius 2 is 2.56 bits per heavy atom. The van der Waals surface area contributed by atoms with E-state index in [0.717, 1.165) is 19.3 Å². The molecule has 2 nitrogen and oxygen atoms in total. The number of carbonyl (C=O) groups is 1. The van der Waals surface area contributed by atoms with Crippen molar-refractivity contribution in [3.8, 4) is 0 Å². The SMILES string of the molecule is CCC[C@@H]1CCOC1=O. The van der Waals surface area contributed by atoms with Gasteiger partial charge in [-0.25, -0.2) is 0 Å². The van der Waals surface area contributed by atoms with Crippen LogP contribution in [-0.4, -0.2) is 12.6 Å². The molecule has 0 radical (unpaired) electrons. The van der Waals surface area contributed by atoms with E-state index in [1.807, 2.05) is 0 Å². The van der Waals surface area contributed by atoms with E-state index in [-0.39, 0.29) is 11.9 Å². The number of cyclic esters (lactones) is 1. The summed E-state index contributed by atoms with van der Waals surface area (Å²) in [6.45, 7) is 2.73. The Kier molecular flexibility index (Phi) is 2.09. The molecule has 2 heteroatoms. The summed E-state index contributed by atoms with van der Waals surface area (Å²) < 4.78 is 4.78. The molecule has 0 aromatic rings. The van der Waals surface area contributed by atoms with Crippen molar-refractivity contribution < 1.29 is 9.53 Å². The molecule has 1 fully saturated rings. The minimum absolute atomic E-state index is 0.0110. The van der Waals surface area contributed by atoms with Gasteiger partial charge >= 0.3 is 5.97 Å². The quantitative estimate of drug-likeness (QED) is 0.525. The van der Waals surface area contributed by atoms with Crippen molar-refractivity contribution in [3.63, 3.8) is 0 Å². The molecule has 1 aliphatic heterocycles. The van der Waals surface area contributed by atoms with Crippen molar-refractivity contribution in [1.29, 1.82) is 0 Å². The van der Waals surface area contributed by atoms with Gasteiger partial charge in [-0.2, -0.15) is 0 Å². The Morgan fingerprint density at radius 3 is 3.00 bits per heavy atom. The zero-order valence-corrected chi connectivity index (χ0v) is 5.72. The molecule has 0 aliphatic carbocycles. The molecule has 52 valence electrons. The molecule has 1 rings (SSSR count). The van der Waals surface area contributed by atoms with E-state index in [4.69, 9.17) is 4.74 Å². The first kappa shape index (κ1) is 6.59. The smallest absolute Gasteiger partial charge is 0.309 e. The van der Waals surface area contributed by atoms with E-state index >= 15 is 0 Å². The fourth-order valence-corrected chi connectivity index (χ4v) is 1.15. The number of carbonyl (C=O) groups excluding carboxylic acids is 1. The van der Waals surface area contributed by atoms with Gasteiger partial charge < -0.3 is 4.74 Å². The molecule has 0 aromatic carbocycles. The highest BCUT2D eigenvalue weighted by Crippen LogP contribution is 2.18. The highest BCUT2D eigenvalue weighted by Gasteiger charge is 2.24. The predicted octanol–water partition coefficient (Wildman–Crippen LogP) is 1.35. The molecule has 0 spiro atoms. The van der Waals surface area contributed by atoms with Crippen LogP contribution in [0, 0.1) is 5.92 Å². The van der Waals surface area contributed by atoms with Gasteiger partial charge in [-0.3, -0.25) is 4.79 Å². The Balaban J connectivity index is 2.31. The Morgan fingerprint density at radius 1 is 1.78 bits per heavy atom. The van der Waals surface area contributed by atoms with Crippen LogP contribution in [0.15, 0.2) is 0 Å². The monoisotopic (exact) mass is 128 g/mol. The summed E-state index contributed by atoms with van der Waals surface area (Å²) in [6, 6.07) is 0. The third kappa shape index (κ3) is 1.44. The lowest BCUT2D eigenvalue weighted by atomic mass is 10.0. The van der Waals surface area contributed by atoms with Crippen LogP contribution in [0.3, 0.4) is 0 Å². The van der Waals surface area contributed by atoms with Gasteiger partial charge in [0.2, 0.25) is 0 Å². The molecule has 0 N–H and O–H groups in total. The molecule has 0 bridgehead atoms. The highest BCUT2D eigenvalue weighted by molar-refractivity contribution is 5.73. The van der Waals surface area contributed by atoms with Crippen LogP contribution < -0.4 is 0 Å². The fourth-order valence-electron chi connectivity index (χ4n) is 1.15. The summed E-state index contributed by atoms with van der Waals surface area (Å²) >= 11 is 0. The van der Waals surface area contributed by atoms with Crippen LogP contribution in [0.2, 0.25) is 0 Å². The van der Waals surface area contributed by atoms with Gasteiger partial charge in [0, 0.05) is 0 Å². The average Bonchev–Trinajstić information content (AvgIpc) is 2.18. The normalized spacial score (nSPS) is 26.3. The number of rotatable bonds is 2. The Bertz CT molecular complexity index is 109.